The second kappa shape index (κ2) is 9.37. The number of hydrogen-bond acceptors (Lipinski definition) is 5. The van der Waals surface area contributed by atoms with Gasteiger partial charge in [0.2, 0.25) is 5.95 Å². The third kappa shape index (κ3) is 5.22. The summed E-state index contributed by atoms with van der Waals surface area (Å²) in [6.07, 6.45) is 7.93. The molecular formula is C23H33N5. The third-order valence-electron chi connectivity index (χ3n) is 5.95. The molecule has 0 spiro atoms. The average molecular weight is 380 g/mol. The largest absolute Gasteiger partial charge is 0.367 e. The monoisotopic (exact) mass is 379 g/mol. The molecule has 150 valence electrons. The molecule has 5 nitrogen and oxygen atoms in total. The Hall–Kier alpha value is -2.14. The minimum absolute atomic E-state index is 0.562. The first-order valence-electron chi connectivity index (χ1n) is 10.9. The van der Waals surface area contributed by atoms with Crippen LogP contribution in [-0.2, 0) is 6.54 Å². The molecule has 1 aliphatic carbocycles. The summed E-state index contributed by atoms with van der Waals surface area (Å²) >= 11 is 0. The summed E-state index contributed by atoms with van der Waals surface area (Å²) in [7, 11) is 0. The summed E-state index contributed by atoms with van der Waals surface area (Å²) in [6.45, 7) is 7.18. The van der Waals surface area contributed by atoms with Crippen molar-refractivity contribution in [3.63, 3.8) is 0 Å². The number of nitrogens with one attached hydrogen (secondary N) is 1. The van der Waals surface area contributed by atoms with Crippen LogP contribution >= 0.6 is 0 Å². The molecule has 2 aliphatic rings. The third-order valence-corrected chi connectivity index (χ3v) is 5.95. The maximum absolute atomic E-state index is 4.88. The highest BCUT2D eigenvalue weighted by atomic mass is 15.3. The lowest BCUT2D eigenvalue weighted by Gasteiger charge is -2.35. The lowest BCUT2D eigenvalue weighted by molar-refractivity contribution is 0.248. The number of anilines is 2. The van der Waals surface area contributed by atoms with Gasteiger partial charge in [0.1, 0.15) is 5.82 Å². The molecule has 5 heteroatoms. The molecule has 28 heavy (non-hydrogen) atoms. The van der Waals surface area contributed by atoms with E-state index in [4.69, 9.17) is 9.97 Å². The Morgan fingerprint density at radius 1 is 0.929 bits per heavy atom. The number of aromatic nitrogens is 2. The van der Waals surface area contributed by atoms with E-state index in [1.807, 2.05) is 0 Å². The average Bonchev–Trinajstić information content (AvgIpc) is 2.98. The molecule has 1 aliphatic heterocycles. The molecule has 1 aromatic carbocycles. The fraction of sp³-hybridized carbons (Fsp3) is 0.565. The Balaban J connectivity index is 1.36. The summed E-state index contributed by atoms with van der Waals surface area (Å²) in [5.41, 5.74) is 2.44. The summed E-state index contributed by atoms with van der Waals surface area (Å²) in [6, 6.07) is 13.4. The molecule has 1 N–H and O–H groups in total. The second-order valence-corrected chi connectivity index (χ2v) is 8.28. The SMILES string of the molecule is Cc1cc(NC2CCCCCC2)nc(N2CCN(Cc3ccccc3)CC2)n1. The van der Waals surface area contributed by atoms with E-state index in [2.05, 4.69) is 58.4 Å². The van der Waals surface area contributed by atoms with Crippen LogP contribution < -0.4 is 10.2 Å². The second-order valence-electron chi connectivity index (χ2n) is 8.28. The number of hydrogen-bond donors (Lipinski definition) is 1. The van der Waals surface area contributed by atoms with Crippen molar-refractivity contribution >= 4 is 11.8 Å². The lowest BCUT2D eigenvalue weighted by atomic mass is 10.1. The Labute approximate surface area is 169 Å². The van der Waals surface area contributed by atoms with E-state index >= 15 is 0 Å². The normalized spacial score (nSPS) is 19.4. The van der Waals surface area contributed by atoms with E-state index in [9.17, 15) is 0 Å². The number of aryl methyl sites for hydroxylation is 1. The van der Waals surface area contributed by atoms with Crippen molar-refractivity contribution in [1.82, 2.24) is 14.9 Å². The predicted octanol–water partition coefficient (Wildman–Crippen LogP) is 4.24. The van der Waals surface area contributed by atoms with Gasteiger partial charge < -0.3 is 10.2 Å². The molecule has 0 unspecified atom stereocenters. The first-order valence-corrected chi connectivity index (χ1v) is 10.9. The van der Waals surface area contributed by atoms with E-state index in [1.54, 1.807) is 0 Å². The van der Waals surface area contributed by atoms with Gasteiger partial charge >= 0.3 is 0 Å². The van der Waals surface area contributed by atoms with E-state index in [0.29, 0.717) is 6.04 Å². The van der Waals surface area contributed by atoms with Gasteiger partial charge in [-0.1, -0.05) is 56.0 Å². The number of benzene rings is 1. The zero-order valence-corrected chi connectivity index (χ0v) is 17.1. The van der Waals surface area contributed by atoms with Crippen molar-refractivity contribution in [1.29, 1.82) is 0 Å². The van der Waals surface area contributed by atoms with Crippen molar-refractivity contribution in [2.75, 3.05) is 36.4 Å². The van der Waals surface area contributed by atoms with Gasteiger partial charge in [0.05, 0.1) is 0 Å². The molecular weight excluding hydrogens is 346 g/mol. The zero-order chi connectivity index (χ0) is 19.2. The van der Waals surface area contributed by atoms with Crippen molar-refractivity contribution in [2.45, 2.75) is 58.0 Å². The van der Waals surface area contributed by atoms with Crippen molar-refractivity contribution < 1.29 is 0 Å². The van der Waals surface area contributed by atoms with Gasteiger partial charge in [-0.05, 0) is 25.3 Å². The van der Waals surface area contributed by atoms with Gasteiger partial charge in [-0.25, -0.2) is 4.98 Å². The van der Waals surface area contributed by atoms with Gasteiger partial charge in [-0.3, -0.25) is 4.90 Å². The molecule has 1 saturated heterocycles. The maximum atomic E-state index is 4.88. The molecule has 0 radical (unpaired) electrons. The maximum Gasteiger partial charge on any atom is 0.227 e. The molecule has 1 aromatic heterocycles. The molecule has 0 bridgehead atoms. The Morgan fingerprint density at radius 3 is 2.36 bits per heavy atom. The van der Waals surface area contributed by atoms with Gasteiger partial charge in [0.25, 0.3) is 0 Å². The van der Waals surface area contributed by atoms with Gasteiger partial charge in [-0.2, -0.15) is 4.98 Å². The van der Waals surface area contributed by atoms with Crippen LogP contribution in [0.3, 0.4) is 0 Å². The van der Waals surface area contributed by atoms with Crippen molar-refractivity contribution in [2.24, 2.45) is 0 Å². The Bertz CT molecular complexity index is 732. The van der Waals surface area contributed by atoms with Crippen LogP contribution in [0.4, 0.5) is 11.8 Å². The predicted molar refractivity (Wildman–Crippen MR) is 116 cm³/mol. The Kier molecular flexibility index (Phi) is 6.42. The van der Waals surface area contributed by atoms with Crippen LogP contribution in [-0.4, -0.2) is 47.1 Å². The first kappa shape index (κ1) is 19.2. The number of nitrogens with zero attached hydrogens (tertiary/aromatic N) is 4. The minimum Gasteiger partial charge on any atom is -0.367 e. The lowest BCUT2D eigenvalue weighted by Crippen LogP contribution is -2.46. The van der Waals surface area contributed by atoms with Gasteiger partial charge in [-0.15, -0.1) is 0 Å². The number of piperazine rings is 1. The van der Waals surface area contributed by atoms with E-state index in [0.717, 1.165) is 50.2 Å². The molecule has 0 amide bonds. The van der Waals surface area contributed by atoms with Crippen LogP contribution in [0, 0.1) is 6.92 Å². The highest BCUT2D eigenvalue weighted by molar-refractivity contribution is 5.44. The van der Waals surface area contributed by atoms with Crippen LogP contribution in [0.2, 0.25) is 0 Å². The van der Waals surface area contributed by atoms with Crippen LogP contribution in [0.15, 0.2) is 36.4 Å². The minimum atomic E-state index is 0.562. The molecule has 2 aromatic rings. The summed E-state index contributed by atoms with van der Waals surface area (Å²) in [5, 5.41) is 3.69. The van der Waals surface area contributed by atoms with E-state index < -0.39 is 0 Å². The molecule has 1 saturated carbocycles. The van der Waals surface area contributed by atoms with E-state index in [-0.39, 0.29) is 0 Å². The van der Waals surface area contributed by atoms with Crippen LogP contribution in [0.25, 0.3) is 0 Å². The first-order chi connectivity index (χ1) is 13.8. The van der Waals surface area contributed by atoms with Crippen molar-refractivity contribution in [3.8, 4) is 0 Å². The van der Waals surface area contributed by atoms with Gasteiger partial charge in [0.15, 0.2) is 0 Å². The molecule has 0 atom stereocenters. The fourth-order valence-electron chi connectivity index (χ4n) is 4.35. The number of rotatable bonds is 5. The van der Waals surface area contributed by atoms with Crippen LogP contribution in [0.1, 0.15) is 49.8 Å². The van der Waals surface area contributed by atoms with Crippen LogP contribution in [0.5, 0.6) is 0 Å². The zero-order valence-electron chi connectivity index (χ0n) is 17.1. The topological polar surface area (TPSA) is 44.3 Å². The Morgan fingerprint density at radius 2 is 1.64 bits per heavy atom. The standard InChI is InChI=1S/C23H33N5/c1-19-17-22(25-21-11-7-2-3-8-12-21)26-23(24-19)28-15-13-27(14-16-28)18-20-9-5-4-6-10-20/h4-6,9-10,17,21H,2-3,7-8,11-16,18H2,1H3,(H,24,25,26). The van der Waals surface area contributed by atoms with E-state index in [1.165, 1.54) is 44.1 Å². The fourth-order valence-corrected chi connectivity index (χ4v) is 4.35. The summed E-state index contributed by atoms with van der Waals surface area (Å²) in [4.78, 5) is 14.5. The highest BCUT2D eigenvalue weighted by Crippen LogP contribution is 2.22. The quantitative estimate of drug-likeness (QED) is 0.787. The molecule has 4 rings (SSSR count). The molecule has 2 heterocycles. The van der Waals surface area contributed by atoms with Gasteiger partial charge in [0, 0.05) is 50.5 Å². The summed E-state index contributed by atoms with van der Waals surface area (Å²) in [5.74, 6) is 1.89. The summed E-state index contributed by atoms with van der Waals surface area (Å²) < 4.78 is 0. The van der Waals surface area contributed by atoms with Crippen molar-refractivity contribution in [3.05, 3.63) is 47.7 Å². The smallest absolute Gasteiger partial charge is 0.227 e. The molecule has 2 fully saturated rings. The highest BCUT2D eigenvalue weighted by Gasteiger charge is 2.20.